The van der Waals surface area contributed by atoms with Crippen LogP contribution in [0.25, 0.3) is 10.2 Å². The van der Waals surface area contributed by atoms with Crippen molar-refractivity contribution in [2.24, 2.45) is 0 Å². The number of thiazole rings is 1. The molecular formula is C15H19N3O2S. The molecule has 1 aliphatic heterocycles. The van der Waals surface area contributed by atoms with Crippen LogP contribution in [-0.2, 0) is 0 Å². The number of likely N-dealkylation sites (tertiary alicyclic amines) is 1. The minimum absolute atomic E-state index is 0.138. The second kappa shape index (κ2) is 5.27. The maximum absolute atomic E-state index is 12.4. The van der Waals surface area contributed by atoms with Crippen molar-refractivity contribution in [2.75, 3.05) is 11.9 Å². The van der Waals surface area contributed by atoms with Crippen LogP contribution < -0.4 is 5.32 Å². The molecule has 1 saturated heterocycles. The number of benzene rings is 1. The van der Waals surface area contributed by atoms with Crippen molar-refractivity contribution in [3.05, 3.63) is 23.7 Å². The molecule has 1 unspecified atom stereocenters. The van der Waals surface area contributed by atoms with Gasteiger partial charge in [0.25, 0.3) is 0 Å². The largest absolute Gasteiger partial charge is 0.388 e. The number of fused-ring (bicyclic) bond motifs is 1. The van der Waals surface area contributed by atoms with Gasteiger partial charge in [-0.25, -0.2) is 9.78 Å². The summed E-state index contributed by atoms with van der Waals surface area (Å²) >= 11 is 1.58. The number of nitrogens with zero attached hydrogens (tertiary/aromatic N) is 2. The van der Waals surface area contributed by atoms with Crippen molar-refractivity contribution in [1.82, 2.24) is 9.88 Å². The van der Waals surface area contributed by atoms with Crippen LogP contribution in [0, 0.1) is 0 Å². The minimum atomic E-state index is -0.882. The second-order valence-electron chi connectivity index (χ2n) is 5.97. The van der Waals surface area contributed by atoms with Crippen molar-refractivity contribution in [3.63, 3.8) is 0 Å². The standard InChI is InChI=1S/C15H19N3O2S/c1-15(2,20)13-4-3-7-18(13)14(19)17-10-5-6-12-11(8-10)16-9-21-12/h5-6,8-9,13,20H,3-4,7H2,1-2H3,(H,17,19). The molecule has 1 atom stereocenters. The number of aromatic nitrogens is 1. The van der Waals surface area contributed by atoms with Crippen LogP contribution in [0.2, 0.25) is 0 Å². The number of anilines is 1. The highest BCUT2D eigenvalue weighted by molar-refractivity contribution is 7.16. The lowest BCUT2D eigenvalue weighted by Gasteiger charge is -2.33. The third-order valence-electron chi connectivity index (χ3n) is 3.91. The zero-order valence-corrected chi connectivity index (χ0v) is 13.0. The Balaban J connectivity index is 1.76. The highest BCUT2D eigenvalue weighted by Crippen LogP contribution is 2.28. The van der Waals surface area contributed by atoms with E-state index in [1.165, 1.54) is 0 Å². The molecule has 5 nitrogen and oxygen atoms in total. The predicted octanol–water partition coefficient (Wildman–Crippen LogP) is 3.06. The molecule has 2 amide bonds. The monoisotopic (exact) mass is 305 g/mol. The number of urea groups is 1. The van der Waals surface area contributed by atoms with E-state index in [4.69, 9.17) is 0 Å². The summed E-state index contributed by atoms with van der Waals surface area (Å²) in [7, 11) is 0. The Kier molecular flexibility index (Phi) is 3.59. The van der Waals surface area contributed by atoms with E-state index in [1.807, 2.05) is 18.2 Å². The first-order chi connectivity index (χ1) is 9.95. The summed E-state index contributed by atoms with van der Waals surface area (Å²) < 4.78 is 1.10. The van der Waals surface area contributed by atoms with Gasteiger partial charge in [-0.1, -0.05) is 0 Å². The molecule has 3 rings (SSSR count). The minimum Gasteiger partial charge on any atom is -0.388 e. The average molecular weight is 305 g/mol. The molecule has 1 aromatic heterocycles. The number of aliphatic hydroxyl groups is 1. The lowest BCUT2D eigenvalue weighted by atomic mass is 9.97. The molecule has 112 valence electrons. The first-order valence-electron chi connectivity index (χ1n) is 7.08. The van der Waals surface area contributed by atoms with Gasteiger partial charge in [0.1, 0.15) is 0 Å². The fraction of sp³-hybridized carbons (Fsp3) is 0.467. The van der Waals surface area contributed by atoms with Crippen LogP contribution in [-0.4, -0.2) is 39.2 Å². The Morgan fingerprint density at radius 3 is 3.10 bits per heavy atom. The van der Waals surface area contributed by atoms with E-state index in [1.54, 1.807) is 35.6 Å². The molecule has 1 aliphatic rings. The van der Waals surface area contributed by atoms with Gasteiger partial charge in [-0.15, -0.1) is 11.3 Å². The smallest absolute Gasteiger partial charge is 0.322 e. The van der Waals surface area contributed by atoms with Crippen LogP contribution in [0.5, 0.6) is 0 Å². The van der Waals surface area contributed by atoms with Gasteiger partial charge in [-0.05, 0) is 44.9 Å². The number of carbonyl (C=O) groups excluding carboxylic acids is 1. The molecule has 0 radical (unpaired) electrons. The zero-order valence-electron chi connectivity index (χ0n) is 12.2. The van der Waals surface area contributed by atoms with E-state index in [0.717, 1.165) is 28.7 Å². The van der Waals surface area contributed by atoms with Crippen molar-refractivity contribution >= 4 is 33.3 Å². The number of amides is 2. The maximum atomic E-state index is 12.4. The number of rotatable bonds is 2. The van der Waals surface area contributed by atoms with Crippen LogP contribution in [0.1, 0.15) is 26.7 Å². The number of hydrogen-bond donors (Lipinski definition) is 2. The molecule has 0 spiro atoms. The molecule has 6 heteroatoms. The van der Waals surface area contributed by atoms with E-state index in [2.05, 4.69) is 10.3 Å². The Labute approximate surface area is 127 Å². The van der Waals surface area contributed by atoms with Crippen molar-refractivity contribution in [3.8, 4) is 0 Å². The molecule has 1 fully saturated rings. The Morgan fingerprint density at radius 2 is 2.33 bits per heavy atom. The maximum Gasteiger partial charge on any atom is 0.322 e. The fourth-order valence-corrected chi connectivity index (χ4v) is 3.53. The van der Waals surface area contributed by atoms with Crippen molar-refractivity contribution < 1.29 is 9.90 Å². The molecule has 0 saturated carbocycles. The highest BCUT2D eigenvalue weighted by atomic mass is 32.1. The molecule has 0 bridgehead atoms. The molecule has 0 aliphatic carbocycles. The number of nitrogens with one attached hydrogen (secondary N) is 1. The SMILES string of the molecule is CC(C)(O)C1CCCN1C(=O)Nc1ccc2scnc2c1. The van der Waals surface area contributed by atoms with Gasteiger partial charge < -0.3 is 15.3 Å². The summed E-state index contributed by atoms with van der Waals surface area (Å²) in [6, 6.07) is 5.42. The third-order valence-corrected chi connectivity index (χ3v) is 4.72. The Morgan fingerprint density at radius 1 is 1.52 bits per heavy atom. The van der Waals surface area contributed by atoms with Gasteiger partial charge in [0.15, 0.2) is 0 Å². The first kappa shape index (κ1) is 14.3. The summed E-state index contributed by atoms with van der Waals surface area (Å²) in [5.74, 6) is 0. The summed E-state index contributed by atoms with van der Waals surface area (Å²) in [5, 5.41) is 13.1. The van der Waals surface area contributed by atoms with Gasteiger partial charge in [0.05, 0.1) is 27.4 Å². The van der Waals surface area contributed by atoms with Gasteiger partial charge in [0.2, 0.25) is 0 Å². The predicted molar refractivity (Wildman–Crippen MR) is 84.7 cm³/mol. The third kappa shape index (κ3) is 2.87. The first-order valence-corrected chi connectivity index (χ1v) is 7.96. The highest BCUT2D eigenvalue weighted by Gasteiger charge is 2.38. The summed E-state index contributed by atoms with van der Waals surface area (Å²) in [6.45, 7) is 4.19. The Hall–Kier alpha value is -1.66. The van der Waals surface area contributed by atoms with E-state index in [-0.39, 0.29) is 12.1 Å². The molecule has 1 aromatic carbocycles. The molecular weight excluding hydrogens is 286 g/mol. The molecule has 2 heterocycles. The van der Waals surface area contributed by atoms with Crippen molar-refractivity contribution in [2.45, 2.75) is 38.3 Å². The quantitative estimate of drug-likeness (QED) is 0.896. The van der Waals surface area contributed by atoms with Crippen LogP contribution in [0.15, 0.2) is 23.7 Å². The molecule has 2 N–H and O–H groups in total. The number of hydrogen-bond acceptors (Lipinski definition) is 4. The van der Waals surface area contributed by atoms with E-state index in [9.17, 15) is 9.90 Å². The van der Waals surface area contributed by atoms with Gasteiger partial charge >= 0.3 is 6.03 Å². The Bertz CT molecular complexity index is 662. The summed E-state index contributed by atoms with van der Waals surface area (Å²) in [6.07, 6.45) is 1.76. The zero-order chi connectivity index (χ0) is 15.0. The molecule has 21 heavy (non-hydrogen) atoms. The van der Waals surface area contributed by atoms with Gasteiger partial charge in [0, 0.05) is 12.2 Å². The van der Waals surface area contributed by atoms with Crippen molar-refractivity contribution in [1.29, 1.82) is 0 Å². The normalized spacial score (nSPS) is 19.2. The average Bonchev–Trinajstić information content (AvgIpc) is 3.06. The van der Waals surface area contributed by atoms with Crippen LogP contribution in [0.3, 0.4) is 0 Å². The van der Waals surface area contributed by atoms with E-state index < -0.39 is 5.60 Å². The fourth-order valence-electron chi connectivity index (χ4n) is 2.88. The van der Waals surface area contributed by atoms with E-state index >= 15 is 0 Å². The topological polar surface area (TPSA) is 65.5 Å². The second-order valence-corrected chi connectivity index (χ2v) is 6.86. The van der Waals surface area contributed by atoms with Gasteiger partial charge in [-0.2, -0.15) is 0 Å². The lowest BCUT2D eigenvalue weighted by Crippen LogP contribution is -2.49. The van der Waals surface area contributed by atoms with Gasteiger partial charge in [-0.3, -0.25) is 0 Å². The van der Waals surface area contributed by atoms with Crippen LogP contribution >= 0.6 is 11.3 Å². The lowest BCUT2D eigenvalue weighted by molar-refractivity contribution is 0.0117. The van der Waals surface area contributed by atoms with E-state index in [0.29, 0.717) is 6.54 Å². The summed E-state index contributed by atoms with van der Waals surface area (Å²) in [5.41, 5.74) is 2.53. The summed E-state index contributed by atoms with van der Waals surface area (Å²) in [4.78, 5) is 18.4. The molecule has 2 aromatic rings. The van der Waals surface area contributed by atoms with Crippen LogP contribution in [0.4, 0.5) is 10.5 Å². The number of carbonyl (C=O) groups is 1.